The van der Waals surface area contributed by atoms with Gasteiger partial charge in [-0.25, -0.2) is 4.68 Å². The zero-order valence-corrected chi connectivity index (χ0v) is 11.6. The lowest BCUT2D eigenvalue weighted by atomic mass is 10.1. The van der Waals surface area contributed by atoms with Gasteiger partial charge >= 0.3 is 5.88 Å². The highest BCUT2D eigenvalue weighted by atomic mass is 16.6. The maximum atomic E-state index is 12.6. The summed E-state index contributed by atoms with van der Waals surface area (Å²) in [5.41, 5.74) is 0. The van der Waals surface area contributed by atoms with E-state index < -0.39 is 16.7 Å². The SMILES string of the molecule is C[C@@H]1C[C@H](C)N(C(=O)c2ccc([N+](=O)[O-])o2)c2ccnn21. The first-order chi connectivity index (χ1) is 9.99. The van der Waals surface area contributed by atoms with Crippen LogP contribution in [0.15, 0.2) is 28.8 Å². The van der Waals surface area contributed by atoms with Gasteiger partial charge in [0.15, 0.2) is 5.76 Å². The van der Waals surface area contributed by atoms with Gasteiger partial charge in [0.1, 0.15) is 10.7 Å². The van der Waals surface area contributed by atoms with Crippen LogP contribution in [0.2, 0.25) is 0 Å². The Balaban J connectivity index is 1.97. The predicted octanol–water partition coefficient (Wildman–Crippen LogP) is 2.38. The number of furan rings is 1. The maximum absolute atomic E-state index is 12.6. The van der Waals surface area contributed by atoms with Gasteiger partial charge in [-0.05, 0) is 26.3 Å². The highest BCUT2D eigenvalue weighted by Gasteiger charge is 2.34. The zero-order valence-electron chi connectivity index (χ0n) is 11.6. The van der Waals surface area contributed by atoms with Gasteiger partial charge in [0.05, 0.1) is 18.3 Å². The van der Waals surface area contributed by atoms with Crippen molar-refractivity contribution in [3.63, 3.8) is 0 Å². The van der Waals surface area contributed by atoms with Crippen molar-refractivity contribution < 1.29 is 14.1 Å². The summed E-state index contributed by atoms with van der Waals surface area (Å²) in [6.45, 7) is 3.97. The number of carbonyl (C=O) groups is 1. The largest absolute Gasteiger partial charge is 0.433 e. The summed E-state index contributed by atoms with van der Waals surface area (Å²) in [5, 5.41) is 14.9. The lowest BCUT2D eigenvalue weighted by Gasteiger charge is -2.36. The number of hydrogen-bond donors (Lipinski definition) is 0. The minimum atomic E-state index is -0.664. The molecule has 8 nitrogen and oxygen atoms in total. The Hall–Kier alpha value is -2.64. The van der Waals surface area contributed by atoms with E-state index in [-0.39, 0.29) is 17.8 Å². The normalized spacial score (nSPS) is 21.1. The lowest BCUT2D eigenvalue weighted by molar-refractivity contribution is -0.402. The van der Waals surface area contributed by atoms with Gasteiger partial charge in [-0.2, -0.15) is 5.10 Å². The maximum Gasteiger partial charge on any atom is 0.433 e. The van der Waals surface area contributed by atoms with Gasteiger partial charge in [0.25, 0.3) is 5.91 Å². The van der Waals surface area contributed by atoms with Crippen LogP contribution >= 0.6 is 0 Å². The Morgan fingerprint density at radius 1 is 1.38 bits per heavy atom. The molecule has 1 amide bonds. The van der Waals surface area contributed by atoms with E-state index in [9.17, 15) is 14.9 Å². The zero-order chi connectivity index (χ0) is 15.1. The van der Waals surface area contributed by atoms with Crippen LogP contribution in [0.4, 0.5) is 11.7 Å². The number of anilines is 1. The molecule has 0 bridgehead atoms. The molecule has 0 saturated heterocycles. The number of amides is 1. The van der Waals surface area contributed by atoms with E-state index in [0.29, 0.717) is 5.82 Å². The van der Waals surface area contributed by atoms with E-state index in [1.165, 1.54) is 12.1 Å². The van der Waals surface area contributed by atoms with Crippen LogP contribution in [-0.2, 0) is 0 Å². The summed E-state index contributed by atoms with van der Waals surface area (Å²) in [7, 11) is 0. The van der Waals surface area contributed by atoms with Gasteiger partial charge in [0, 0.05) is 12.1 Å². The van der Waals surface area contributed by atoms with Crippen LogP contribution in [0.5, 0.6) is 0 Å². The van der Waals surface area contributed by atoms with E-state index in [1.54, 1.807) is 21.8 Å². The molecular weight excluding hydrogens is 276 g/mol. The van der Waals surface area contributed by atoms with Crippen molar-refractivity contribution in [2.75, 3.05) is 4.90 Å². The van der Waals surface area contributed by atoms with Gasteiger partial charge in [-0.3, -0.25) is 19.8 Å². The van der Waals surface area contributed by atoms with Gasteiger partial charge < -0.3 is 4.42 Å². The summed E-state index contributed by atoms with van der Waals surface area (Å²) in [6.07, 6.45) is 2.39. The van der Waals surface area contributed by atoms with Crippen molar-refractivity contribution >= 4 is 17.6 Å². The first-order valence-electron chi connectivity index (χ1n) is 6.60. The van der Waals surface area contributed by atoms with Gasteiger partial charge in [0.2, 0.25) is 0 Å². The molecule has 0 N–H and O–H groups in total. The summed E-state index contributed by atoms with van der Waals surface area (Å²) < 4.78 is 6.78. The second-order valence-electron chi connectivity index (χ2n) is 5.14. The van der Waals surface area contributed by atoms with Crippen molar-refractivity contribution in [2.45, 2.75) is 32.4 Å². The minimum absolute atomic E-state index is 0.0409. The molecule has 8 heteroatoms. The Bertz CT molecular complexity index is 705. The summed E-state index contributed by atoms with van der Waals surface area (Å²) in [4.78, 5) is 24.1. The van der Waals surface area contributed by atoms with E-state index in [1.807, 2.05) is 13.8 Å². The highest BCUT2D eigenvalue weighted by molar-refractivity contribution is 6.04. The quantitative estimate of drug-likeness (QED) is 0.625. The van der Waals surface area contributed by atoms with Crippen molar-refractivity contribution in [3.05, 3.63) is 40.3 Å². The second-order valence-corrected chi connectivity index (χ2v) is 5.14. The second kappa shape index (κ2) is 4.72. The number of nitro groups is 1. The highest BCUT2D eigenvalue weighted by Crippen LogP contribution is 2.32. The molecule has 2 atom stereocenters. The van der Waals surface area contributed by atoms with Crippen molar-refractivity contribution in [1.82, 2.24) is 9.78 Å². The predicted molar refractivity (Wildman–Crippen MR) is 73.2 cm³/mol. The van der Waals surface area contributed by atoms with E-state index in [2.05, 4.69) is 5.10 Å². The van der Waals surface area contributed by atoms with Crippen molar-refractivity contribution in [2.24, 2.45) is 0 Å². The molecule has 0 fully saturated rings. The third-order valence-corrected chi connectivity index (χ3v) is 3.64. The van der Waals surface area contributed by atoms with Crippen LogP contribution in [0, 0.1) is 10.1 Å². The monoisotopic (exact) mass is 290 g/mol. The Morgan fingerprint density at radius 2 is 2.14 bits per heavy atom. The van der Waals surface area contributed by atoms with E-state index in [0.717, 1.165) is 6.42 Å². The molecular formula is C13H14N4O4. The summed E-state index contributed by atoms with van der Waals surface area (Å²) in [6, 6.07) is 4.41. The third-order valence-electron chi connectivity index (χ3n) is 3.64. The molecule has 0 aromatic carbocycles. The number of hydrogen-bond acceptors (Lipinski definition) is 5. The molecule has 0 radical (unpaired) electrons. The molecule has 0 spiro atoms. The van der Waals surface area contributed by atoms with Crippen molar-refractivity contribution in [1.29, 1.82) is 0 Å². The molecule has 3 rings (SSSR count). The van der Waals surface area contributed by atoms with Crippen LogP contribution < -0.4 is 4.90 Å². The molecule has 2 aromatic rings. The number of rotatable bonds is 2. The van der Waals surface area contributed by atoms with Crippen LogP contribution in [-0.4, -0.2) is 26.7 Å². The fraction of sp³-hybridized carbons (Fsp3) is 0.385. The average Bonchev–Trinajstić information content (AvgIpc) is 3.07. The van der Waals surface area contributed by atoms with Crippen molar-refractivity contribution in [3.8, 4) is 0 Å². The fourth-order valence-corrected chi connectivity index (χ4v) is 2.73. The first kappa shape index (κ1) is 13.3. The molecule has 3 heterocycles. The van der Waals surface area contributed by atoms with Gasteiger partial charge in [-0.15, -0.1) is 0 Å². The first-order valence-corrected chi connectivity index (χ1v) is 6.60. The Kier molecular flexibility index (Phi) is 3.00. The van der Waals surface area contributed by atoms with Crippen LogP contribution in [0.3, 0.4) is 0 Å². The minimum Gasteiger partial charge on any atom is -0.395 e. The molecule has 0 unspecified atom stereocenters. The third kappa shape index (κ3) is 2.08. The number of nitrogens with zero attached hydrogens (tertiary/aromatic N) is 4. The molecule has 2 aromatic heterocycles. The number of aromatic nitrogens is 2. The molecule has 110 valence electrons. The lowest BCUT2D eigenvalue weighted by Crippen LogP contribution is -2.44. The Morgan fingerprint density at radius 3 is 2.81 bits per heavy atom. The number of fused-ring (bicyclic) bond motifs is 1. The fourth-order valence-electron chi connectivity index (χ4n) is 2.73. The summed E-state index contributed by atoms with van der Waals surface area (Å²) in [5.74, 6) is -0.213. The van der Waals surface area contributed by atoms with E-state index >= 15 is 0 Å². The smallest absolute Gasteiger partial charge is 0.395 e. The topological polar surface area (TPSA) is 94.4 Å². The molecule has 0 aliphatic carbocycles. The molecule has 1 aliphatic heterocycles. The molecule has 21 heavy (non-hydrogen) atoms. The van der Waals surface area contributed by atoms with Crippen LogP contribution in [0.1, 0.15) is 36.9 Å². The van der Waals surface area contributed by atoms with E-state index in [4.69, 9.17) is 4.42 Å². The molecule has 0 saturated carbocycles. The molecule has 1 aliphatic rings. The standard InChI is InChI=1S/C13H14N4O4/c1-8-7-9(2)16-11(5-6-14-16)15(8)13(18)10-3-4-12(21-10)17(19)20/h3-6,8-9H,7H2,1-2H3/t8-,9+/m0/s1. The Labute approximate surface area is 120 Å². The number of carbonyl (C=O) groups excluding carboxylic acids is 1. The average molecular weight is 290 g/mol. The van der Waals surface area contributed by atoms with Crippen LogP contribution in [0.25, 0.3) is 0 Å². The summed E-state index contributed by atoms with van der Waals surface area (Å²) >= 11 is 0. The van der Waals surface area contributed by atoms with Gasteiger partial charge in [-0.1, -0.05) is 0 Å².